The first-order valence-corrected chi connectivity index (χ1v) is 16.9. The Balaban J connectivity index is 1.05. The molecule has 1 amide bonds. The number of H-pyrrole nitrogens is 2. The lowest BCUT2D eigenvalue weighted by Gasteiger charge is -2.21. The summed E-state index contributed by atoms with van der Waals surface area (Å²) in [6, 6.07) is 10.5. The molecule has 12 nitrogen and oxygen atoms in total. The van der Waals surface area contributed by atoms with Gasteiger partial charge in [0.25, 0.3) is 0 Å². The van der Waals surface area contributed by atoms with Crippen LogP contribution in [0.1, 0.15) is 32.1 Å². The van der Waals surface area contributed by atoms with Crippen LogP contribution in [0.4, 0.5) is 10.1 Å². The summed E-state index contributed by atoms with van der Waals surface area (Å²) in [4.78, 5) is 36.7. The Morgan fingerprint density at radius 3 is 2.71 bits per heavy atom. The van der Waals surface area contributed by atoms with Gasteiger partial charge in [0.2, 0.25) is 5.91 Å². The summed E-state index contributed by atoms with van der Waals surface area (Å²) in [6.45, 7) is 5.39. The van der Waals surface area contributed by atoms with Crippen LogP contribution < -0.4 is 15.4 Å². The van der Waals surface area contributed by atoms with E-state index in [2.05, 4.69) is 45.7 Å². The number of aromatic nitrogens is 7. The summed E-state index contributed by atoms with van der Waals surface area (Å²) in [5, 5.41) is 14.6. The molecule has 49 heavy (non-hydrogen) atoms. The fourth-order valence-corrected chi connectivity index (χ4v) is 6.83. The molecule has 6 aromatic rings. The Labute approximate surface area is 281 Å². The highest BCUT2D eigenvalue weighted by atomic mass is 19.1. The van der Waals surface area contributed by atoms with Gasteiger partial charge >= 0.3 is 0 Å². The van der Waals surface area contributed by atoms with E-state index in [0.717, 1.165) is 67.6 Å². The minimum absolute atomic E-state index is 0.00563. The van der Waals surface area contributed by atoms with E-state index in [9.17, 15) is 9.18 Å². The molecule has 0 spiro atoms. The highest BCUT2D eigenvalue weighted by Gasteiger charge is 2.19. The summed E-state index contributed by atoms with van der Waals surface area (Å²) < 4.78 is 20.8. The van der Waals surface area contributed by atoms with Crippen molar-refractivity contribution in [1.82, 2.24) is 45.3 Å². The predicted octanol–water partition coefficient (Wildman–Crippen LogP) is 5.57. The van der Waals surface area contributed by atoms with Gasteiger partial charge in [-0.2, -0.15) is 5.10 Å². The molecule has 0 saturated carbocycles. The Morgan fingerprint density at radius 2 is 1.84 bits per heavy atom. The fraction of sp³-hybridized carbons (Fsp3) is 0.333. The average Bonchev–Trinajstić information content (AvgIpc) is 3.88. The second-order valence-corrected chi connectivity index (χ2v) is 12.8. The molecular weight excluding hydrogens is 623 g/mol. The van der Waals surface area contributed by atoms with Gasteiger partial charge in [0.05, 0.1) is 22.8 Å². The Kier molecular flexibility index (Phi) is 8.67. The number of carbonyl (C=O) groups excluding carboxylic acids is 1. The molecule has 1 aromatic carbocycles. The number of hydrogen-bond acceptors (Lipinski definition) is 9. The van der Waals surface area contributed by atoms with Crippen molar-refractivity contribution >= 4 is 33.8 Å². The highest BCUT2D eigenvalue weighted by molar-refractivity contribution is 5.96. The van der Waals surface area contributed by atoms with Crippen molar-refractivity contribution in [3.8, 4) is 39.5 Å². The molecule has 0 aliphatic carbocycles. The van der Waals surface area contributed by atoms with Crippen LogP contribution in [-0.4, -0.2) is 85.3 Å². The molecule has 0 radical (unpaired) electrons. The topological polar surface area (TPSA) is 150 Å². The van der Waals surface area contributed by atoms with Crippen molar-refractivity contribution in [1.29, 1.82) is 0 Å². The summed E-state index contributed by atoms with van der Waals surface area (Å²) in [5.41, 5.74) is 5.96. The number of rotatable bonds is 10. The predicted molar refractivity (Wildman–Crippen MR) is 185 cm³/mol. The van der Waals surface area contributed by atoms with E-state index in [1.807, 2.05) is 24.3 Å². The van der Waals surface area contributed by atoms with Crippen molar-refractivity contribution in [3.63, 3.8) is 0 Å². The number of likely N-dealkylation sites (tertiary alicyclic amines) is 1. The number of imidazole rings is 1. The number of anilines is 1. The Morgan fingerprint density at radius 1 is 0.980 bits per heavy atom. The maximum Gasteiger partial charge on any atom is 0.224 e. The lowest BCUT2D eigenvalue weighted by Crippen LogP contribution is -2.30. The molecule has 2 aliphatic rings. The molecule has 13 heteroatoms. The number of piperidine rings is 1. The number of carbonyl (C=O) groups is 1. The molecule has 7 heterocycles. The van der Waals surface area contributed by atoms with E-state index < -0.39 is 0 Å². The van der Waals surface area contributed by atoms with Gasteiger partial charge in [-0.05, 0) is 93.7 Å². The van der Waals surface area contributed by atoms with E-state index in [1.54, 1.807) is 24.8 Å². The first-order chi connectivity index (χ1) is 24.1. The average molecular weight is 661 g/mol. The van der Waals surface area contributed by atoms with Gasteiger partial charge in [-0.3, -0.25) is 19.8 Å². The smallest absolute Gasteiger partial charge is 0.224 e. The molecule has 0 unspecified atom stereocenters. The van der Waals surface area contributed by atoms with Crippen LogP contribution in [0, 0.1) is 11.7 Å². The van der Waals surface area contributed by atoms with Gasteiger partial charge in [-0.15, -0.1) is 0 Å². The van der Waals surface area contributed by atoms with Crippen LogP contribution >= 0.6 is 0 Å². The van der Waals surface area contributed by atoms with Gasteiger partial charge in [0, 0.05) is 54.3 Å². The summed E-state index contributed by atoms with van der Waals surface area (Å²) in [6.07, 6.45) is 11.7. The van der Waals surface area contributed by atoms with E-state index in [4.69, 9.17) is 9.72 Å². The number of nitrogens with one attached hydrogen (secondary N) is 4. The van der Waals surface area contributed by atoms with Crippen molar-refractivity contribution < 1.29 is 13.9 Å². The van der Waals surface area contributed by atoms with Crippen LogP contribution in [0.5, 0.6) is 5.75 Å². The number of amides is 1. The SMILES string of the molecule is O=C(CC1CCNCC1)Nc1cncc(-c2cnc3n[nH]c(-c4nc5nccc(-c6cc(F)cc(OCCN7CCCC7)c6)c5[nH]4)c3c2)c1. The highest BCUT2D eigenvalue weighted by Crippen LogP contribution is 2.34. The lowest BCUT2D eigenvalue weighted by atomic mass is 9.94. The molecule has 2 saturated heterocycles. The quantitative estimate of drug-likeness (QED) is 0.148. The Hall–Kier alpha value is -5.27. The molecule has 8 rings (SSSR count). The largest absolute Gasteiger partial charge is 0.492 e. The molecule has 5 aromatic heterocycles. The number of hydrogen-bond donors (Lipinski definition) is 4. The third-order valence-corrected chi connectivity index (χ3v) is 9.38. The third-order valence-electron chi connectivity index (χ3n) is 9.38. The van der Waals surface area contributed by atoms with Crippen LogP contribution in [-0.2, 0) is 4.79 Å². The van der Waals surface area contributed by atoms with Gasteiger partial charge in [0.15, 0.2) is 17.1 Å². The van der Waals surface area contributed by atoms with E-state index >= 15 is 0 Å². The number of benzene rings is 1. The van der Waals surface area contributed by atoms with Crippen molar-refractivity contribution in [3.05, 3.63) is 67.0 Å². The molecule has 2 fully saturated rings. The van der Waals surface area contributed by atoms with Gasteiger partial charge < -0.3 is 20.4 Å². The Bertz CT molecular complexity index is 2120. The van der Waals surface area contributed by atoms with Crippen LogP contribution in [0.2, 0.25) is 0 Å². The molecule has 0 bridgehead atoms. The van der Waals surface area contributed by atoms with E-state index in [-0.39, 0.29) is 11.7 Å². The van der Waals surface area contributed by atoms with Crippen LogP contribution in [0.15, 0.2) is 61.2 Å². The molecule has 250 valence electrons. The number of fused-ring (bicyclic) bond motifs is 2. The zero-order valence-electron chi connectivity index (χ0n) is 27.0. The second kappa shape index (κ2) is 13.7. The van der Waals surface area contributed by atoms with Gasteiger partial charge in [0.1, 0.15) is 23.9 Å². The second-order valence-electron chi connectivity index (χ2n) is 12.8. The standard InChI is InChI=1S/C36H37FN10O2/c37-26-14-23(16-28(18-26)49-12-11-47-9-1-2-10-47)29-5-8-40-35-32(29)43-36(44-35)33-30-17-25(20-41-34(30)46-45-33)24-15-27(21-39-19-24)42-31(48)13-22-3-6-38-7-4-22/h5,8,14-22,38H,1-4,6-7,9-13H2,(H,42,48)(H,40,43,44)(H,41,45,46). The maximum absolute atomic E-state index is 14.8. The van der Waals surface area contributed by atoms with Gasteiger partial charge in [-0.25, -0.2) is 19.3 Å². The maximum atomic E-state index is 14.8. The zero-order valence-corrected chi connectivity index (χ0v) is 27.0. The van der Waals surface area contributed by atoms with Crippen LogP contribution in [0.3, 0.4) is 0 Å². The van der Waals surface area contributed by atoms with Crippen LogP contribution in [0.25, 0.3) is 56.0 Å². The van der Waals surface area contributed by atoms with E-state index in [1.165, 1.54) is 25.0 Å². The number of nitrogens with zero attached hydrogens (tertiary/aromatic N) is 6. The molecule has 2 aliphatic heterocycles. The number of aromatic amines is 2. The monoisotopic (exact) mass is 660 g/mol. The summed E-state index contributed by atoms with van der Waals surface area (Å²) in [7, 11) is 0. The minimum atomic E-state index is -0.378. The third kappa shape index (κ3) is 6.85. The van der Waals surface area contributed by atoms with Crippen molar-refractivity contribution in [2.45, 2.75) is 32.1 Å². The first kappa shape index (κ1) is 31.0. The van der Waals surface area contributed by atoms with E-state index in [0.29, 0.717) is 64.3 Å². The van der Waals surface area contributed by atoms with Crippen molar-refractivity contribution in [2.24, 2.45) is 5.92 Å². The normalized spacial score (nSPS) is 15.7. The number of pyridine rings is 3. The first-order valence-electron chi connectivity index (χ1n) is 16.9. The minimum Gasteiger partial charge on any atom is -0.492 e. The fourth-order valence-electron chi connectivity index (χ4n) is 6.83. The molecule has 0 atom stereocenters. The summed E-state index contributed by atoms with van der Waals surface area (Å²) >= 11 is 0. The summed E-state index contributed by atoms with van der Waals surface area (Å²) in [5.74, 6) is 1.01. The molecule has 4 N–H and O–H groups in total. The van der Waals surface area contributed by atoms with Crippen molar-refractivity contribution in [2.75, 3.05) is 44.6 Å². The number of ether oxygens (including phenoxy) is 1. The zero-order chi connectivity index (χ0) is 33.2. The lowest BCUT2D eigenvalue weighted by molar-refractivity contribution is -0.117. The number of halogens is 1. The van der Waals surface area contributed by atoms with Gasteiger partial charge in [-0.1, -0.05) is 0 Å². The molecular formula is C36H37FN10O2.